The number of hydrogen-bond acceptors (Lipinski definition) is 6. The fraction of sp³-hybridized carbons (Fsp3) is 0.500. The van der Waals surface area contributed by atoms with Crippen LogP contribution in [0.1, 0.15) is 29.3 Å². The molecular formula is C22H26FN5O2. The summed E-state index contributed by atoms with van der Waals surface area (Å²) in [5.74, 6) is 2.14. The lowest BCUT2D eigenvalue weighted by molar-refractivity contribution is 0.0217. The predicted molar refractivity (Wildman–Crippen MR) is 112 cm³/mol. The SMILES string of the molecule is Cc1nc(N2CCOCC2)cc(-n2ncc3cc(C)c(C4CCOCC4F)cc32)n1. The number of alkyl halides is 1. The monoisotopic (exact) mass is 411 g/mol. The predicted octanol–water partition coefficient (Wildman–Crippen LogP) is 3.11. The number of morpholine rings is 1. The second kappa shape index (κ2) is 7.92. The number of rotatable bonds is 3. The first-order valence-corrected chi connectivity index (χ1v) is 10.5. The van der Waals surface area contributed by atoms with Gasteiger partial charge in [0.25, 0.3) is 0 Å². The first-order chi connectivity index (χ1) is 14.6. The smallest absolute Gasteiger partial charge is 0.159 e. The molecule has 7 nitrogen and oxygen atoms in total. The van der Waals surface area contributed by atoms with Crippen molar-refractivity contribution in [2.45, 2.75) is 32.4 Å². The third-order valence-corrected chi connectivity index (χ3v) is 6.01. The summed E-state index contributed by atoms with van der Waals surface area (Å²) in [7, 11) is 0. The van der Waals surface area contributed by atoms with Crippen molar-refractivity contribution in [1.82, 2.24) is 19.7 Å². The van der Waals surface area contributed by atoms with Crippen molar-refractivity contribution in [2.24, 2.45) is 0 Å². The summed E-state index contributed by atoms with van der Waals surface area (Å²) in [6.07, 6.45) is 1.55. The summed E-state index contributed by atoms with van der Waals surface area (Å²) in [6.45, 7) is 7.69. The van der Waals surface area contributed by atoms with Crippen LogP contribution in [0.3, 0.4) is 0 Å². The molecule has 3 aromatic rings. The van der Waals surface area contributed by atoms with Gasteiger partial charge in [-0.3, -0.25) is 0 Å². The lowest BCUT2D eigenvalue weighted by Crippen LogP contribution is -2.37. The molecule has 1 aromatic carbocycles. The molecule has 0 amide bonds. The fourth-order valence-corrected chi connectivity index (χ4v) is 4.44. The minimum Gasteiger partial charge on any atom is -0.378 e. The Morgan fingerprint density at radius 1 is 1.00 bits per heavy atom. The molecule has 4 heterocycles. The number of anilines is 1. The van der Waals surface area contributed by atoms with Crippen molar-refractivity contribution in [2.75, 3.05) is 44.4 Å². The van der Waals surface area contributed by atoms with Crippen LogP contribution in [0.15, 0.2) is 24.4 Å². The molecule has 2 aromatic heterocycles. The highest BCUT2D eigenvalue weighted by molar-refractivity contribution is 5.82. The van der Waals surface area contributed by atoms with E-state index in [1.54, 1.807) is 0 Å². The van der Waals surface area contributed by atoms with Gasteiger partial charge in [-0.1, -0.05) is 0 Å². The minimum atomic E-state index is -0.986. The molecule has 0 radical (unpaired) electrons. The van der Waals surface area contributed by atoms with Crippen LogP contribution in [-0.2, 0) is 9.47 Å². The van der Waals surface area contributed by atoms with Gasteiger partial charge in [-0.2, -0.15) is 5.10 Å². The minimum absolute atomic E-state index is 0.150. The quantitative estimate of drug-likeness (QED) is 0.660. The Hall–Kier alpha value is -2.58. The van der Waals surface area contributed by atoms with Crippen LogP contribution in [0.4, 0.5) is 10.2 Å². The van der Waals surface area contributed by atoms with Crippen LogP contribution in [-0.4, -0.2) is 65.4 Å². The molecule has 30 heavy (non-hydrogen) atoms. The van der Waals surface area contributed by atoms with E-state index in [9.17, 15) is 4.39 Å². The van der Waals surface area contributed by atoms with Crippen LogP contribution in [0.2, 0.25) is 0 Å². The molecule has 8 heteroatoms. The topological polar surface area (TPSA) is 65.3 Å². The van der Waals surface area contributed by atoms with Gasteiger partial charge in [0.1, 0.15) is 17.8 Å². The summed E-state index contributed by atoms with van der Waals surface area (Å²) in [6, 6.07) is 6.13. The fourth-order valence-electron chi connectivity index (χ4n) is 4.44. The summed E-state index contributed by atoms with van der Waals surface area (Å²) in [4.78, 5) is 11.5. The molecule has 2 unspecified atom stereocenters. The highest BCUT2D eigenvalue weighted by Crippen LogP contribution is 2.34. The van der Waals surface area contributed by atoms with Gasteiger partial charge in [0.05, 0.1) is 31.5 Å². The van der Waals surface area contributed by atoms with E-state index in [4.69, 9.17) is 9.47 Å². The third kappa shape index (κ3) is 3.54. The zero-order valence-corrected chi connectivity index (χ0v) is 17.3. The molecule has 2 aliphatic heterocycles. The zero-order valence-electron chi connectivity index (χ0n) is 17.3. The third-order valence-electron chi connectivity index (χ3n) is 6.01. The number of benzene rings is 1. The van der Waals surface area contributed by atoms with Crippen molar-refractivity contribution in [3.63, 3.8) is 0 Å². The average molecular weight is 411 g/mol. The number of aryl methyl sites for hydroxylation is 2. The van der Waals surface area contributed by atoms with Crippen LogP contribution in [0, 0.1) is 13.8 Å². The number of hydrogen-bond donors (Lipinski definition) is 0. The van der Waals surface area contributed by atoms with E-state index >= 15 is 0 Å². The molecule has 2 aliphatic rings. The molecule has 2 fully saturated rings. The van der Waals surface area contributed by atoms with E-state index in [-0.39, 0.29) is 12.5 Å². The van der Waals surface area contributed by atoms with E-state index in [1.807, 2.05) is 30.8 Å². The van der Waals surface area contributed by atoms with Crippen LogP contribution < -0.4 is 4.90 Å². The lowest BCUT2D eigenvalue weighted by Gasteiger charge is -2.28. The first-order valence-electron chi connectivity index (χ1n) is 10.5. The maximum absolute atomic E-state index is 14.6. The van der Waals surface area contributed by atoms with Gasteiger partial charge in [0, 0.05) is 37.1 Å². The molecule has 0 N–H and O–H groups in total. The Balaban J connectivity index is 1.58. The normalized spacial score (nSPS) is 22.6. The van der Waals surface area contributed by atoms with Gasteiger partial charge in [-0.05, 0) is 43.5 Å². The Morgan fingerprint density at radius 2 is 1.80 bits per heavy atom. The van der Waals surface area contributed by atoms with Gasteiger partial charge in [-0.25, -0.2) is 19.0 Å². The summed E-state index contributed by atoms with van der Waals surface area (Å²) in [5, 5.41) is 5.62. The molecular weight excluding hydrogens is 385 g/mol. The van der Waals surface area contributed by atoms with Gasteiger partial charge < -0.3 is 14.4 Å². The number of halogens is 1. The van der Waals surface area contributed by atoms with Gasteiger partial charge in [0.15, 0.2) is 5.82 Å². The Bertz CT molecular complexity index is 1060. The molecule has 0 aliphatic carbocycles. The molecule has 158 valence electrons. The Morgan fingerprint density at radius 3 is 2.60 bits per heavy atom. The molecule has 2 atom stereocenters. The van der Waals surface area contributed by atoms with Crippen molar-refractivity contribution < 1.29 is 13.9 Å². The molecule has 0 spiro atoms. The van der Waals surface area contributed by atoms with E-state index in [1.165, 1.54) is 0 Å². The van der Waals surface area contributed by atoms with Crippen LogP contribution in [0.5, 0.6) is 0 Å². The second-order valence-electron chi connectivity index (χ2n) is 8.04. The Kier molecular flexibility index (Phi) is 5.12. The van der Waals surface area contributed by atoms with E-state index in [0.29, 0.717) is 32.1 Å². The number of fused-ring (bicyclic) bond motifs is 1. The highest BCUT2D eigenvalue weighted by Gasteiger charge is 2.28. The van der Waals surface area contributed by atoms with Gasteiger partial charge in [0.2, 0.25) is 0 Å². The number of nitrogens with zero attached hydrogens (tertiary/aromatic N) is 5. The van der Waals surface area contributed by atoms with Crippen molar-refractivity contribution in [1.29, 1.82) is 0 Å². The highest BCUT2D eigenvalue weighted by atomic mass is 19.1. The van der Waals surface area contributed by atoms with Crippen molar-refractivity contribution >= 4 is 16.7 Å². The molecule has 5 rings (SSSR count). The largest absolute Gasteiger partial charge is 0.378 e. The van der Waals surface area contributed by atoms with Crippen LogP contribution in [0.25, 0.3) is 16.7 Å². The van der Waals surface area contributed by atoms with E-state index in [2.05, 4.69) is 32.1 Å². The van der Waals surface area contributed by atoms with Crippen molar-refractivity contribution in [3.05, 3.63) is 41.3 Å². The van der Waals surface area contributed by atoms with Crippen LogP contribution >= 0.6 is 0 Å². The zero-order chi connectivity index (χ0) is 20.7. The summed E-state index contributed by atoms with van der Waals surface area (Å²) >= 11 is 0. The first kappa shape index (κ1) is 19.4. The average Bonchev–Trinajstić information content (AvgIpc) is 3.16. The number of ether oxygens (including phenoxy) is 2. The maximum atomic E-state index is 14.6. The second-order valence-corrected chi connectivity index (χ2v) is 8.04. The summed E-state index contributed by atoms with van der Waals surface area (Å²) in [5.41, 5.74) is 3.05. The van der Waals surface area contributed by atoms with Gasteiger partial charge >= 0.3 is 0 Å². The standard InChI is InChI=1S/C22H26FN5O2/c1-14-9-16-12-24-28(20(16)10-18(14)17-3-6-30-13-19(17)23)22-11-21(25-15(2)26-22)27-4-7-29-8-5-27/h9-12,17,19H,3-8,13H2,1-2H3. The van der Waals surface area contributed by atoms with E-state index < -0.39 is 6.17 Å². The van der Waals surface area contributed by atoms with Gasteiger partial charge in [-0.15, -0.1) is 0 Å². The summed E-state index contributed by atoms with van der Waals surface area (Å²) < 4.78 is 27.2. The molecule has 0 saturated carbocycles. The lowest BCUT2D eigenvalue weighted by atomic mass is 9.87. The Labute approximate surface area is 174 Å². The molecule has 0 bridgehead atoms. The number of aromatic nitrogens is 4. The van der Waals surface area contributed by atoms with Crippen molar-refractivity contribution in [3.8, 4) is 5.82 Å². The molecule has 2 saturated heterocycles. The maximum Gasteiger partial charge on any atom is 0.159 e. The van der Waals surface area contributed by atoms with E-state index in [0.717, 1.165) is 46.8 Å².